The Morgan fingerprint density at radius 2 is 1.47 bits per heavy atom. The number of carbonyl (C=O) groups excluding carboxylic acids is 2. The van der Waals surface area contributed by atoms with Crippen molar-refractivity contribution in [1.82, 2.24) is 0 Å². The van der Waals surface area contributed by atoms with Gasteiger partial charge in [-0.15, -0.1) is 11.3 Å². The van der Waals surface area contributed by atoms with Crippen molar-refractivity contribution in [2.24, 2.45) is 0 Å². The Morgan fingerprint density at radius 3 is 2.00 bits per heavy atom. The number of hydrogen-bond donors (Lipinski definition) is 1. The van der Waals surface area contributed by atoms with E-state index < -0.39 is 11.9 Å². The molecule has 36 heavy (non-hydrogen) atoms. The summed E-state index contributed by atoms with van der Waals surface area (Å²) in [6.45, 7) is 10.6. The first-order valence-corrected chi connectivity index (χ1v) is 13.0. The first-order valence-electron chi connectivity index (χ1n) is 11.8. The van der Waals surface area contributed by atoms with Gasteiger partial charge >= 0.3 is 5.97 Å². The number of hydrogen-bond acceptors (Lipinski definition) is 7. The fourth-order valence-electron chi connectivity index (χ4n) is 3.69. The van der Waals surface area contributed by atoms with Gasteiger partial charge in [0.25, 0.3) is 5.91 Å². The Bertz CT molecular complexity index is 1190. The van der Waals surface area contributed by atoms with Crippen LogP contribution in [-0.2, 0) is 4.74 Å². The zero-order valence-electron chi connectivity index (χ0n) is 21.0. The van der Waals surface area contributed by atoms with Gasteiger partial charge < -0.3 is 24.3 Å². The van der Waals surface area contributed by atoms with Gasteiger partial charge in [-0.2, -0.15) is 0 Å². The number of anilines is 1. The number of nitrogens with one attached hydrogen (secondary N) is 1. The molecule has 2 aromatic carbocycles. The average Bonchev–Trinajstić information content (AvgIpc) is 3.17. The second kappa shape index (κ2) is 12.6. The second-order valence-electron chi connectivity index (χ2n) is 7.52. The Morgan fingerprint density at radius 1 is 0.889 bits per heavy atom. The summed E-state index contributed by atoms with van der Waals surface area (Å²) in [5.74, 6) is 0.325. The maximum absolute atomic E-state index is 13.4. The molecule has 0 aliphatic carbocycles. The van der Waals surface area contributed by atoms with E-state index in [2.05, 4.69) is 5.32 Å². The maximum Gasteiger partial charge on any atom is 0.341 e. The lowest BCUT2D eigenvalue weighted by atomic mass is 10.0. The molecule has 1 amide bonds. The van der Waals surface area contributed by atoms with Crippen molar-refractivity contribution in [2.75, 3.05) is 31.7 Å². The van der Waals surface area contributed by atoms with Crippen molar-refractivity contribution in [3.8, 4) is 28.4 Å². The SMILES string of the molecule is CCOC(=O)c1c(NC(=O)c2cc(OCC)c(OCC)c(OCC)c2)sc(C)c1-c1ccc(Cl)cc1. The summed E-state index contributed by atoms with van der Waals surface area (Å²) in [5.41, 5.74) is 2.10. The highest BCUT2D eigenvalue weighted by atomic mass is 35.5. The van der Waals surface area contributed by atoms with Crippen molar-refractivity contribution in [2.45, 2.75) is 34.6 Å². The van der Waals surface area contributed by atoms with Gasteiger partial charge in [-0.1, -0.05) is 23.7 Å². The molecule has 7 nitrogen and oxygen atoms in total. The standard InChI is InChI=1S/C27H30ClNO6S/c1-6-32-20-14-18(15-21(33-7-2)24(20)34-8-3)25(30)29-26-23(27(31)35-9-4)22(16(5)36-26)17-10-12-19(28)13-11-17/h10-15H,6-9H2,1-5H3,(H,29,30). The molecule has 0 atom stereocenters. The van der Waals surface area contributed by atoms with Gasteiger partial charge in [-0.05, 0) is 64.4 Å². The second-order valence-corrected chi connectivity index (χ2v) is 9.18. The predicted molar refractivity (Wildman–Crippen MR) is 143 cm³/mol. The third-order valence-electron chi connectivity index (χ3n) is 5.10. The monoisotopic (exact) mass is 531 g/mol. The fourth-order valence-corrected chi connectivity index (χ4v) is 4.88. The van der Waals surface area contributed by atoms with Gasteiger partial charge in [0.2, 0.25) is 5.75 Å². The van der Waals surface area contributed by atoms with Gasteiger partial charge in [-0.25, -0.2) is 4.79 Å². The summed E-state index contributed by atoms with van der Waals surface area (Å²) in [4.78, 5) is 27.3. The molecule has 0 aliphatic rings. The van der Waals surface area contributed by atoms with Gasteiger partial charge in [0.1, 0.15) is 10.6 Å². The number of ether oxygens (including phenoxy) is 4. The van der Waals surface area contributed by atoms with E-state index in [9.17, 15) is 9.59 Å². The zero-order valence-corrected chi connectivity index (χ0v) is 22.6. The lowest BCUT2D eigenvalue weighted by Gasteiger charge is -2.17. The van der Waals surface area contributed by atoms with Gasteiger partial charge in [0.15, 0.2) is 11.5 Å². The van der Waals surface area contributed by atoms with E-state index >= 15 is 0 Å². The smallest absolute Gasteiger partial charge is 0.341 e. The van der Waals surface area contributed by atoms with Crippen LogP contribution in [-0.4, -0.2) is 38.3 Å². The minimum absolute atomic E-state index is 0.204. The predicted octanol–water partition coefficient (Wildman–Crippen LogP) is 7.00. The minimum Gasteiger partial charge on any atom is -0.490 e. The van der Waals surface area contributed by atoms with E-state index in [1.807, 2.05) is 39.8 Å². The van der Waals surface area contributed by atoms with Crippen LogP contribution in [0.2, 0.25) is 5.02 Å². The van der Waals surface area contributed by atoms with Crippen LogP contribution in [0.1, 0.15) is 53.3 Å². The first kappa shape index (κ1) is 27.4. The molecule has 0 aliphatic heterocycles. The molecule has 0 radical (unpaired) electrons. The Hall–Kier alpha value is -3.23. The molecule has 0 unspecified atom stereocenters. The molecule has 0 bridgehead atoms. The Labute approximate surface area is 220 Å². The lowest BCUT2D eigenvalue weighted by molar-refractivity contribution is 0.0529. The highest BCUT2D eigenvalue weighted by Crippen LogP contribution is 2.42. The van der Waals surface area contributed by atoms with Crippen LogP contribution < -0.4 is 19.5 Å². The van der Waals surface area contributed by atoms with E-state index in [4.69, 9.17) is 30.5 Å². The van der Waals surface area contributed by atoms with Crippen molar-refractivity contribution in [1.29, 1.82) is 0 Å². The van der Waals surface area contributed by atoms with Crippen LogP contribution in [0.4, 0.5) is 5.00 Å². The highest BCUT2D eigenvalue weighted by Gasteiger charge is 2.27. The number of amides is 1. The van der Waals surface area contributed by atoms with Crippen LogP contribution in [0.15, 0.2) is 36.4 Å². The summed E-state index contributed by atoms with van der Waals surface area (Å²) < 4.78 is 22.5. The minimum atomic E-state index is -0.515. The topological polar surface area (TPSA) is 83.1 Å². The first-order chi connectivity index (χ1) is 17.3. The van der Waals surface area contributed by atoms with E-state index in [0.717, 1.165) is 10.4 Å². The fraction of sp³-hybridized carbons (Fsp3) is 0.333. The van der Waals surface area contributed by atoms with Crippen molar-refractivity contribution >= 4 is 39.8 Å². The summed E-state index contributed by atoms with van der Waals surface area (Å²) in [6, 6.07) is 10.4. The summed E-state index contributed by atoms with van der Waals surface area (Å²) in [6.07, 6.45) is 0. The third-order valence-corrected chi connectivity index (χ3v) is 6.37. The summed E-state index contributed by atoms with van der Waals surface area (Å²) >= 11 is 7.36. The Balaban J connectivity index is 2.06. The van der Waals surface area contributed by atoms with Crippen LogP contribution in [0.5, 0.6) is 17.2 Å². The molecular weight excluding hydrogens is 502 g/mol. The number of rotatable bonds is 11. The Kier molecular flexibility index (Phi) is 9.61. The summed E-state index contributed by atoms with van der Waals surface area (Å²) in [7, 11) is 0. The molecule has 192 valence electrons. The normalized spacial score (nSPS) is 10.6. The van der Waals surface area contributed by atoms with E-state index in [1.54, 1.807) is 31.2 Å². The third kappa shape index (κ3) is 6.12. The molecule has 3 aromatic rings. The van der Waals surface area contributed by atoms with E-state index in [0.29, 0.717) is 63.8 Å². The maximum atomic E-state index is 13.4. The highest BCUT2D eigenvalue weighted by molar-refractivity contribution is 7.17. The molecule has 9 heteroatoms. The van der Waals surface area contributed by atoms with E-state index in [1.165, 1.54) is 11.3 Å². The lowest BCUT2D eigenvalue weighted by Crippen LogP contribution is -2.15. The van der Waals surface area contributed by atoms with Crippen molar-refractivity contribution < 1.29 is 28.5 Å². The molecule has 0 spiro atoms. The molecule has 1 N–H and O–H groups in total. The quantitative estimate of drug-likeness (QED) is 0.268. The number of benzene rings is 2. The zero-order chi connectivity index (χ0) is 26.2. The number of aryl methyl sites for hydroxylation is 1. The number of halogens is 1. The van der Waals surface area contributed by atoms with Gasteiger partial charge in [0.05, 0.1) is 26.4 Å². The number of thiophene rings is 1. The number of carbonyl (C=O) groups is 2. The molecule has 1 heterocycles. The van der Waals surface area contributed by atoms with Crippen LogP contribution in [0.3, 0.4) is 0 Å². The summed E-state index contributed by atoms with van der Waals surface area (Å²) in [5, 5.41) is 3.88. The van der Waals surface area contributed by atoms with Gasteiger partial charge in [-0.3, -0.25) is 4.79 Å². The van der Waals surface area contributed by atoms with Crippen LogP contribution >= 0.6 is 22.9 Å². The molecule has 0 saturated carbocycles. The van der Waals surface area contributed by atoms with E-state index in [-0.39, 0.29) is 6.61 Å². The average molecular weight is 532 g/mol. The van der Waals surface area contributed by atoms with Crippen LogP contribution in [0.25, 0.3) is 11.1 Å². The van der Waals surface area contributed by atoms with Gasteiger partial charge in [0, 0.05) is 21.0 Å². The molecule has 0 saturated heterocycles. The molecular formula is C27H30ClNO6S. The largest absolute Gasteiger partial charge is 0.490 e. The van der Waals surface area contributed by atoms with Crippen molar-refractivity contribution in [3.05, 3.63) is 57.4 Å². The van der Waals surface area contributed by atoms with Crippen molar-refractivity contribution in [3.63, 3.8) is 0 Å². The molecule has 1 aromatic heterocycles. The molecule has 3 rings (SSSR count). The molecule has 0 fully saturated rings. The number of esters is 1. The van der Waals surface area contributed by atoms with Crippen LogP contribution in [0, 0.1) is 6.92 Å².